The predicted molar refractivity (Wildman–Crippen MR) is 63.2 cm³/mol. The molecule has 0 aliphatic carbocycles. The highest BCUT2D eigenvalue weighted by Crippen LogP contribution is 2.17. The van der Waals surface area contributed by atoms with Crippen LogP contribution >= 0.6 is 0 Å². The molecule has 0 fully saturated rings. The van der Waals surface area contributed by atoms with Gasteiger partial charge in [0.05, 0.1) is 17.1 Å². The minimum atomic E-state index is 0.385. The lowest BCUT2D eigenvalue weighted by atomic mass is 10.3. The second kappa shape index (κ2) is 4.09. The van der Waals surface area contributed by atoms with Gasteiger partial charge >= 0.3 is 0 Å². The maximum absolute atomic E-state index is 7.95. The molecule has 86 valence electrons. The number of allylic oxidation sites excluding steroid dienone is 2. The third kappa shape index (κ3) is 1.74. The largest absolute Gasteiger partial charge is 0.402 e. The predicted octanol–water partition coefficient (Wildman–Crippen LogP) is 0.737. The summed E-state index contributed by atoms with van der Waals surface area (Å²) in [7, 11) is 0. The zero-order valence-corrected chi connectivity index (χ0v) is 9.67. The van der Waals surface area contributed by atoms with Crippen LogP contribution < -0.4 is 11.1 Å². The Labute approximate surface area is 94.9 Å². The average molecular weight is 219 g/mol. The first-order valence-electron chi connectivity index (χ1n) is 5.45. The van der Waals surface area contributed by atoms with E-state index >= 15 is 0 Å². The number of hydrogen-bond donors (Lipinski definition) is 3. The average Bonchev–Trinajstić information content (AvgIpc) is 2.74. The molecule has 4 N–H and O–H groups in total. The van der Waals surface area contributed by atoms with E-state index in [-0.39, 0.29) is 0 Å². The quantitative estimate of drug-likeness (QED) is 0.656. The lowest BCUT2D eigenvalue weighted by molar-refractivity contribution is 0.666. The van der Waals surface area contributed by atoms with Gasteiger partial charge in [0.15, 0.2) is 5.82 Å². The summed E-state index contributed by atoms with van der Waals surface area (Å²) in [5.41, 5.74) is 8.86. The van der Waals surface area contributed by atoms with E-state index in [1.54, 1.807) is 13.0 Å². The number of nitrogens with one attached hydrogen (secondary N) is 2. The maximum Gasteiger partial charge on any atom is 0.158 e. The van der Waals surface area contributed by atoms with E-state index < -0.39 is 0 Å². The third-order valence-electron chi connectivity index (χ3n) is 2.67. The molecule has 1 aromatic rings. The Kier molecular flexibility index (Phi) is 2.78. The van der Waals surface area contributed by atoms with E-state index in [0.29, 0.717) is 11.4 Å². The number of aromatic nitrogens is 2. The summed E-state index contributed by atoms with van der Waals surface area (Å²) in [5, 5.41) is 11.2. The van der Waals surface area contributed by atoms with E-state index in [1.807, 2.05) is 0 Å². The lowest BCUT2D eigenvalue weighted by Crippen LogP contribution is -2.14. The van der Waals surface area contributed by atoms with E-state index in [1.165, 1.54) is 5.69 Å². The van der Waals surface area contributed by atoms with Crippen LogP contribution in [0.1, 0.15) is 31.1 Å². The molecule has 0 atom stereocenters. The van der Waals surface area contributed by atoms with Gasteiger partial charge in [0.2, 0.25) is 0 Å². The summed E-state index contributed by atoms with van der Waals surface area (Å²) in [6.07, 6.45) is 1.65. The van der Waals surface area contributed by atoms with Crippen LogP contribution in [-0.2, 0) is 19.6 Å². The van der Waals surface area contributed by atoms with Crippen LogP contribution in [0, 0.1) is 5.41 Å². The number of nitrogens with zero attached hydrogens (tertiary/aromatic N) is 2. The van der Waals surface area contributed by atoms with Crippen molar-refractivity contribution in [1.82, 2.24) is 14.9 Å². The van der Waals surface area contributed by atoms with Crippen molar-refractivity contribution in [3.8, 4) is 0 Å². The Balaban J connectivity index is 2.42. The van der Waals surface area contributed by atoms with Crippen LogP contribution in [-0.4, -0.2) is 15.3 Å². The second-order valence-corrected chi connectivity index (χ2v) is 3.98. The lowest BCUT2D eigenvalue weighted by Gasteiger charge is -2.07. The summed E-state index contributed by atoms with van der Waals surface area (Å²) in [4.78, 5) is 4.49. The zero-order chi connectivity index (χ0) is 11.7. The van der Waals surface area contributed by atoms with Crippen molar-refractivity contribution in [2.45, 2.75) is 33.5 Å². The highest BCUT2D eigenvalue weighted by molar-refractivity contribution is 6.04. The van der Waals surface area contributed by atoms with E-state index in [4.69, 9.17) is 11.1 Å². The van der Waals surface area contributed by atoms with E-state index in [9.17, 15) is 0 Å². The van der Waals surface area contributed by atoms with Crippen molar-refractivity contribution in [3.05, 3.63) is 29.0 Å². The van der Waals surface area contributed by atoms with E-state index in [2.05, 4.69) is 21.8 Å². The molecule has 0 radical (unpaired) electrons. The Morgan fingerprint density at radius 1 is 1.62 bits per heavy atom. The molecule has 0 spiro atoms. The number of rotatable bonds is 3. The normalized spacial score (nSPS) is 15.2. The van der Waals surface area contributed by atoms with Gasteiger partial charge in [-0.2, -0.15) is 0 Å². The Hall–Kier alpha value is -1.62. The summed E-state index contributed by atoms with van der Waals surface area (Å²) in [5.74, 6) is 0.721. The SMILES string of the molecule is CCn1c(C(=N)/C=C(/C)N)nc2c1CNC2. The molecule has 1 aromatic heterocycles. The highest BCUT2D eigenvalue weighted by Gasteiger charge is 2.21. The highest BCUT2D eigenvalue weighted by atomic mass is 15.1. The number of hydrogen-bond acceptors (Lipinski definition) is 4. The van der Waals surface area contributed by atoms with Gasteiger partial charge in [0.1, 0.15) is 0 Å². The van der Waals surface area contributed by atoms with Crippen molar-refractivity contribution in [1.29, 1.82) is 5.41 Å². The number of imidazole rings is 1. The van der Waals surface area contributed by atoms with Crippen LogP contribution in [0.25, 0.3) is 0 Å². The monoisotopic (exact) mass is 219 g/mol. The van der Waals surface area contributed by atoms with Crippen LogP contribution in [0.2, 0.25) is 0 Å². The minimum Gasteiger partial charge on any atom is -0.402 e. The molecule has 0 amide bonds. The smallest absolute Gasteiger partial charge is 0.158 e. The van der Waals surface area contributed by atoms with Gasteiger partial charge in [-0.3, -0.25) is 5.41 Å². The summed E-state index contributed by atoms with van der Waals surface area (Å²) in [6, 6.07) is 0. The van der Waals surface area contributed by atoms with Crippen LogP contribution in [0.5, 0.6) is 0 Å². The van der Waals surface area contributed by atoms with Crippen LogP contribution in [0.3, 0.4) is 0 Å². The Morgan fingerprint density at radius 2 is 2.38 bits per heavy atom. The standard InChI is InChI=1S/C11H17N5/c1-3-16-10-6-14-5-9(10)15-11(16)8(13)4-7(2)12/h4,13-14H,3,5-6,12H2,1-2H3/b7-4-,13-8?. The van der Waals surface area contributed by atoms with Crippen molar-refractivity contribution in [3.63, 3.8) is 0 Å². The van der Waals surface area contributed by atoms with Gasteiger partial charge in [-0.25, -0.2) is 4.98 Å². The number of fused-ring (bicyclic) bond motifs is 1. The first-order chi connectivity index (χ1) is 7.63. The maximum atomic E-state index is 7.95. The van der Waals surface area contributed by atoms with Crippen LogP contribution in [0.4, 0.5) is 0 Å². The first kappa shape index (κ1) is 10.9. The molecular weight excluding hydrogens is 202 g/mol. The first-order valence-corrected chi connectivity index (χ1v) is 5.45. The fraction of sp³-hybridized carbons (Fsp3) is 0.455. The van der Waals surface area contributed by atoms with Crippen molar-refractivity contribution in [2.75, 3.05) is 0 Å². The molecular formula is C11H17N5. The molecule has 0 bridgehead atoms. The van der Waals surface area contributed by atoms with Gasteiger partial charge < -0.3 is 15.6 Å². The molecule has 1 aliphatic rings. The minimum absolute atomic E-state index is 0.385. The van der Waals surface area contributed by atoms with Gasteiger partial charge in [-0.05, 0) is 19.9 Å². The molecule has 0 saturated carbocycles. The third-order valence-corrected chi connectivity index (χ3v) is 2.67. The molecule has 0 saturated heterocycles. The molecule has 2 heterocycles. The number of nitrogens with two attached hydrogens (primary N) is 1. The molecule has 16 heavy (non-hydrogen) atoms. The summed E-state index contributed by atoms with van der Waals surface area (Å²) >= 11 is 0. The second-order valence-electron chi connectivity index (χ2n) is 3.98. The fourth-order valence-electron chi connectivity index (χ4n) is 2.01. The molecule has 5 heteroatoms. The molecule has 2 rings (SSSR count). The van der Waals surface area contributed by atoms with Crippen LogP contribution in [0.15, 0.2) is 11.8 Å². The topological polar surface area (TPSA) is 79.7 Å². The molecule has 5 nitrogen and oxygen atoms in total. The zero-order valence-electron chi connectivity index (χ0n) is 9.67. The molecule has 0 aromatic carbocycles. The van der Waals surface area contributed by atoms with Gasteiger partial charge in [0, 0.05) is 25.3 Å². The Bertz CT molecular complexity index is 451. The van der Waals surface area contributed by atoms with Gasteiger partial charge in [-0.15, -0.1) is 0 Å². The van der Waals surface area contributed by atoms with Gasteiger partial charge in [-0.1, -0.05) is 0 Å². The van der Waals surface area contributed by atoms with Gasteiger partial charge in [0.25, 0.3) is 0 Å². The van der Waals surface area contributed by atoms with Crippen molar-refractivity contribution in [2.24, 2.45) is 5.73 Å². The van der Waals surface area contributed by atoms with Crippen molar-refractivity contribution < 1.29 is 0 Å². The molecule has 0 unspecified atom stereocenters. The summed E-state index contributed by atoms with van der Waals surface area (Å²) in [6.45, 7) is 6.32. The van der Waals surface area contributed by atoms with E-state index in [0.717, 1.165) is 31.2 Å². The van der Waals surface area contributed by atoms with Crippen molar-refractivity contribution >= 4 is 5.71 Å². The molecule has 1 aliphatic heterocycles. The fourth-order valence-corrected chi connectivity index (χ4v) is 2.01. The summed E-state index contributed by atoms with van der Waals surface area (Å²) < 4.78 is 2.08. The Morgan fingerprint density at radius 3 is 3.00 bits per heavy atom.